The molecule has 0 amide bonds. The molecule has 0 bridgehead atoms. The summed E-state index contributed by atoms with van der Waals surface area (Å²) in [5, 5.41) is 18.5. The van der Waals surface area contributed by atoms with Crippen molar-refractivity contribution < 1.29 is 22.4 Å². The Kier molecular flexibility index (Phi) is 7.33. The van der Waals surface area contributed by atoms with Gasteiger partial charge in [-0.25, -0.2) is 20.1 Å². The third kappa shape index (κ3) is 6.41. The van der Waals surface area contributed by atoms with Crippen LogP contribution in [0.5, 0.6) is 5.75 Å². The molecule has 37 heavy (non-hydrogen) atoms. The van der Waals surface area contributed by atoms with Gasteiger partial charge in [-0.05, 0) is 48.6 Å². The topological polar surface area (TPSA) is 165 Å². The predicted molar refractivity (Wildman–Crippen MR) is 138 cm³/mol. The summed E-state index contributed by atoms with van der Waals surface area (Å²) in [5.41, 5.74) is 3.19. The van der Waals surface area contributed by atoms with E-state index in [2.05, 4.69) is 29.4 Å². The van der Waals surface area contributed by atoms with Gasteiger partial charge < -0.3 is 20.1 Å². The Labute approximate surface area is 214 Å². The second kappa shape index (κ2) is 10.8. The Bertz CT molecular complexity index is 1450. The highest BCUT2D eigenvalue weighted by Crippen LogP contribution is 2.32. The highest BCUT2D eigenvalue weighted by molar-refractivity contribution is 7.84. The smallest absolute Gasteiger partial charge is 0.333 e. The molecule has 1 fully saturated rings. The first-order chi connectivity index (χ1) is 17.8. The molecule has 5 N–H and O–H groups in total. The number of aliphatic hydroxyl groups excluding tert-OH is 1. The van der Waals surface area contributed by atoms with Gasteiger partial charge in [-0.15, -0.1) is 0 Å². The van der Waals surface area contributed by atoms with E-state index >= 15 is 0 Å². The van der Waals surface area contributed by atoms with E-state index in [-0.39, 0.29) is 18.4 Å². The number of ether oxygens (including phenoxy) is 1. The molecule has 0 unspecified atom stereocenters. The Morgan fingerprint density at radius 3 is 2.62 bits per heavy atom. The molecule has 0 saturated heterocycles. The average Bonchev–Trinajstić information content (AvgIpc) is 3.49. The number of nitrogens with one attached hydrogen (secondary N) is 2. The summed E-state index contributed by atoms with van der Waals surface area (Å²) in [5.74, 6) is 1.83. The van der Waals surface area contributed by atoms with Crippen LogP contribution in [0.4, 0.5) is 5.82 Å². The van der Waals surface area contributed by atoms with E-state index in [1.807, 2.05) is 54.6 Å². The molecule has 4 aromatic rings. The van der Waals surface area contributed by atoms with Crippen molar-refractivity contribution >= 4 is 27.3 Å². The standard InChI is InChI=1S/C25H28N6O5S/c26-37(33,34)36-14-19-10-17(11-21(19)32)12-27-24-22-25(29-15-28-24)31-23(30-22)18-6-8-20(9-7-18)35-13-16-4-2-1-3-5-16/h1-9,15,17,19,21,32H,10-14H2,(H2,26,33,34)(H2,27,28,29,30,31)/t17-,19+,21+/m1/s1. The molecule has 1 saturated carbocycles. The number of aromatic amines is 1. The molecule has 5 rings (SSSR count). The van der Waals surface area contributed by atoms with Crippen LogP contribution in [0.25, 0.3) is 22.6 Å². The summed E-state index contributed by atoms with van der Waals surface area (Å²) in [4.78, 5) is 16.5. The molecule has 11 nitrogen and oxygen atoms in total. The number of nitrogens with zero attached hydrogens (tertiary/aromatic N) is 3. The maximum Gasteiger partial charge on any atom is 0.333 e. The zero-order valence-electron chi connectivity index (χ0n) is 19.9. The van der Waals surface area contributed by atoms with Gasteiger partial charge in [0.2, 0.25) is 0 Å². The van der Waals surface area contributed by atoms with E-state index < -0.39 is 16.4 Å². The highest BCUT2D eigenvalue weighted by atomic mass is 32.2. The van der Waals surface area contributed by atoms with Gasteiger partial charge in [-0.1, -0.05) is 30.3 Å². The maximum atomic E-state index is 11.0. The lowest BCUT2D eigenvalue weighted by molar-refractivity contribution is 0.100. The fraction of sp³-hybridized carbons (Fsp3) is 0.320. The predicted octanol–water partition coefficient (Wildman–Crippen LogP) is 2.62. The second-order valence-corrected chi connectivity index (χ2v) is 10.3. The van der Waals surface area contributed by atoms with Crippen molar-refractivity contribution in [2.45, 2.75) is 25.6 Å². The molecule has 2 aromatic carbocycles. The number of nitrogens with two attached hydrogens (primary N) is 1. The SMILES string of the molecule is NS(=O)(=O)OC[C@@H]1C[C@@H](CNc2ncnc3nc(-c4ccc(OCc5ccccc5)cc4)[nH]c23)C[C@@H]1O. The lowest BCUT2D eigenvalue weighted by atomic mass is 10.1. The Morgan fingerprint density at radius 2 is 1.86 bits per heavy atom. The van der Waals surface area contributed by atoms with E-state index in [9.17, 15) is 13.5 Å². The molecule has 2 aromatic heterocycles. The van der Waals surface area contributed by atoms with Crippen LogP contribution < -0.4 is 15.2 Å². The molecule has 194 valence electrons. The van der Waals surface area contributed by atoms with Crippen LogP contribution in [0.15, 0.2) is 60.9 Å². The molecular formula is C25H28N6O5S. The summed E-state index contributed by atoms with van der Waals surface area (Å²) in [6, 6.07) is 17.6. The number of aromatic nitrogens is 4. The van der Waals surface area contributed by atoms with Crippen LogP contribution in [-0.4, -0.2) is 52.7 Å². The van der Waals surface area contributed by atoms with E-state index in [1.165, 1.54) is 6.33 Å². The first-order valence-electron chi connectivity index (χ1n) is 11.9. The first-order valence-corrected chi connectivity index (χ1v) is 13.4. The minimum Gasteiger partial charge on any atom is -0.489 e. The second-order valence-electron chi connectivity index (χ2n) is 9.13. The normalized spacial score (nSPS) is 19.8. The number of benzene rings is 2. The average molecular weight is 525 g/mol. The van der Waals surface area contributed by atoms with Crippen LogP contribution in [0.2, 0.25) is 0 Å². The Hall–Kier alpha value is -3.58. The molecule has 12 heteroatoms. The number of aliphatic hydroxyl groups is 1. The van der Waals surface area contributed by atoms with Crippen molar-refractivity contribution in [3.05, 3.63) is 66.5 Å². The maximum absolute atomic E-state index is 11.0. The van der Waals surface area contributed by atoms with Crippen LogP contribution in [-0.2, 0) is 21.1 Å². The number of hydrogen-bond acceptors (Lipinski definition) is 9. The molecule has 1 aliphatic carbocycles. The number of H-pyrrole nitrogens is 1. The summed E-state index contributed by atoms with van der Waals surface area (Å²) < 4.78 is 32.6. The van der Waals surface area contributed by atoms with E-state index in [1.54, 1.807) is 0 Å². The number of fused-ring (bicyclic) bond motifs is 1. The number of imidazole rings is 1. The van der Waals surface area contributed by atoms with Gasteiger partial charge in [0, 0.05) is 18.0 Å². The van der Waals surface area contributed by atoms with Crippen molar-refractivity contribution in [1.82, 2.24) is 19.9 Å². The van der Waals surface area contributed by atoms with Crippen molar-refractivity contribution in [2.24, 2.45) is 17.0 Å². The highest BCUT2D eigenvalue weighted by Gasteiger charge is 2.34. The third-order valence-electron chi connectivity index (χ3n) is 6.42. The largest absolute Gasteiger partial charge is 0.489 e. The zero-order chi connectivity index (χ0) is 25.8. The van der Waals surface area contributed by atoms with E-state index in [4.69, 9.17) is 9.88 Å². The number of hydrogen-bond donors (Lipinski definition) is 4. The fourth-order valence-corrected chi connectivity index (χ4v) is 4.90. The number of anilines is 1. The minimum atomic E-state index is -4.03. The van der Waals surface area contributed by atoms with Crippen molar-refractivity contribution in [3.8, 4) is 17.1 Å². The monoisotopic (exact) mass is 524 g/mol. The summed E-state index contributed by atoms with van der Waals surface area (Å²) in [7, 11) is -4.03. The fourth-order valence-electron chi connectivity index (χ4n) is 4.53. The van der Waals surface area contributed by atoms with Crippen LogP contribution in [0.3, 0.4) is 0 Å². The Morgan fingerprint density at radius 1 is 1.08 bits per heavy atom. The van der Waals surface area contributed by atoms with Gasteiger partial charge in [-0.2, -0.15) is 8.42 Å². The molecule has 3 atom stereocenters. The zero-order valence-corrected chi connectivity index (χ0v) is 20.8. The molecular weight excluding hydrogens is 496 g/mol. The quantitative estimate of drug-likeness (QED) is 0.244. The number of rotatable bonds is 10. The van der Waals surface area contributed by atoms with E-state index in [0.717, 1.165) is 16.9 Å². The van der Waals surface area contributed by atoms with Gasteiger partial charge in [0.05, 0.1) is 12.7 Å². The summed E-state index contributed by atoms with van der Waals surface area (Å²) >= 11 is 0. The van der Waals surface area contributed by atoms with Crippen LogP contribution in [0.1, 0.15) is 18.4 Å². The molecule has 0 spiro atoms. The first kappa shape index (κ1) is 25.1. The van der Waals surface area contributed by atoms with Gasteiger partial charge in [0.15, 0.2) is 11.5 Å². The van der Waals surface area contributed by atoms with Gasteiger partial charge in [0.1, 0.15) is 30.0 Å². The molecule has 2 heterocycles. The minimum absolute atomic E-state index is 0.111. The van der Waals surface area contributed by atoms with Crippen LogP contribution >= 0.6 is 0 Å². The molecule has 1 aliphatic rings. The van der Waals surface area contributed by atoms with Gasteiger partial charge in [0.25, 0.3) is 0 Å². The van der Waals surface area contributed by atoms with E-state index in [0.29, 0.717) is 48.8 Å². The van der Waals surface area contributed by atoms with Crippen molar-refractivity contribution in [3.63, 3.8) is 0 Å². The van der Waals surface area contributed by atoms with Crippen LogP contribution in [0, 0.1) is 11.8 Å². The van der Waals surface area contributed by atoms with Crippen molar-refractivity contribution in [2.75, 3.05) is 18.5 Å². The molecule has 0 radical (unpaired) electrons. The lowest BCUT2D eigenvalue weighted by Crippen LogP contribution is -2.24. The lowest BCUT2D eigenvalue weighted by Gasteiger charge is -2.13. The summed E-state index contributed by atoms with van der Waals surface area (Å²) in [6.45, 7) is 0.901. The summed E-state index contributed by atoms with van der Waals surface area (Å²) in [6.07, 6.45) is 1.91. The van der Waals surface area contributed by atoms with Gasteiger partial charge >= 0.3 is 10.3 Å². The molecule has 0 aliphatic heterocycles. The van der Waals surface area contributed by atoms with Gasteiger partial charge in [-0.3, -0.25) is 4.18 Å². The third-order valence-corrected chi connectivity index (χ3v) is 6.89. The Balaban J connectivity index is 1.22. The van der Waals surface area contributed by atoms with Crippen molar-refractivity contribution in [1.29, 1.82) is 0 Å².